The summed E-state index contributed by atoms with van der Waals surface area (Å²) in [5.74, 6) is 0. The van der Waals surface area contributed by atoms with E-state index < -0.39 is 0 Å². The van der Waals surface area contributed by atoms with Crippen LogP contribution in [0.1, 0.15) is 33.6 Å². The third-order valence-electron chi connectivity index (χ3n) is 3.54. The number of rotatable bonds is 4. The lowest BCUT2D eigenvalue weighted by atomic mass is 9.87. The van der Waals surface area contributed by atoms with Gasteiger partial charge in [0.05, 0.1) is 5.03 Å². The van der Waals surface area contributed by atoms with E-state index >= 15 is 0 Å². The maximum Gasteiger partial charge on any atom is 0.116 e. The van der Waals surface area contributed by atoms with Crippen LogP contribution in [0.2, 0.25) is 0 Å². The molecule has 2 rings (SSSR count). The molecule has 1 aromatic heterocycles. The Morgan fingerprint density at radius 1 is 1.53 bits per heavy atom. The Labute approximate surface area is 108 Å². The van der Waals surface area contributed by atoms with E-state index in [0.717, 1.165) is 11.6 Å². The molecule has 1 aliphatic rings. The minimum Gasteiger partial charge on any atom is -0.313 e. The largest absolute Gasteiger partial charge is 0.313 e. The average molecular weight is 251 g/mol. The van der Waals surface area contributed by atoms with Gasteiger partial charge in [-0.05, 0) is 30.9 Å². The van der Waals surface area contributed by atoms with Crippen LogP contribution in [-0.4, -0.2) is 27.8 Å². The molecule has 0 saturated heterocycles. The Bertz CT molecular complexity index is 353. The van der Waals surface area contributed by atoms with Gasteiger partial charge in [-0.2, -0.15) is 0 Å². The molecule has 2 atom stereocenters. The van der Waals surface area contributed by atoms with E-state index in [2.05, 4.69) is 36.1 Å². The van der Waals surface area contributed by atoms with E-state index in [0.29, 0.717) is 16.7 Å². The maximum atomic E-state index is 4.31. The number of hydrogen-bond acceptors (Lipinski definition) is 4. The Kier molecular flexibility index (Phi) is 4.05. The second kappa shape index (κ2) is 5.36. The van der Waals surface area contributed by atoms with E-state index in [9.17, 15) is 0 Å². The first-order valence-corrected chi connectivity index (χ1v) is 7.17. The highest BCUT2D eigenvalue weighted by Crippen LogP contribution is 2.44. The highest BCUT2D eigenvalue weighted by Gasteiger charge is 2.41. The molecule has 0 spiro atoms. The van der Waals surface area contributed by atoms with Crippen molar-refractivity contribution in [1.29, 1.82) is 0 Å². The summed E-state index contributed by atoms with van der Waals surface area (Å²) in [6, 6.07) is 2.58. The lowest BCUT2D eigenvalue weighted by Gasteiger charge is -2.31. The molecular formula is C13H21N3S. The fourth-order valence-corrected chi connectivity index (χ4v) is 3.99. The van der Waals surface area contributed by atoms with Gasteiger partial charge >= 0.3 is 0 Å². The summed E-state index contributed by atoms with van der Waals surface area (Å²) in [5.41, 5.74) is 0.390. The number of nitrogens with zero attached hydrogens (tertiary/aromatic N) is 2. The highest BCUT2D eigenvalue weighted by atomic mass is 32.2. The Morgan fingerprint density at radius 3 is 3.00 bits per heavy atom. The molecule has 1 heterocycles. The molecule has 1 fully saturated rings. The van der Waals surface area contributed by atoms with E-state index in [1.807, 2.05) is 24.0 Å². The van der Waals surface area contributed by atoms with Gasteiger partial charge in [-0.25, -0.2) is 9.97 Å². The average Bonchev–Trinajstić information content (AvgIpc) is 2.58. The summed E-state index contributed by atoms with van der Waals surface area (Å²) in [6.07, 6.45) is 6.00. The zero-order valence-corrected chi connectivity index (χ0v) is 11.6. The molecule has 3 nitrogen and oxygen atoms in total. The topological polar surface area (TPSA) is 37.8 Å². The third kappa shape index (κ3) is 2.99. The first-order chi connectivity index (χ1) is 8.13. The van der Waals surface area contributed by atoms with Crippen LogP contribution < -0.4 is 5.32 Å². The van der Waals surface area contributed by atoms with E-state index in [-0.39, 0.29) is 0 Å². The van der Waals surface area contributed by atoms with Gasteiger partial charge in [0, 0.05) is 17.5 Å². The van der Waals surface area contributed by atoms with Crippen molar-refractivity contribution in [1.82, 2.24) is 15.3 Å². The molecule has 0 radical (unpaired) electrons. The second-order valence-corrected chi connectivity index (χ2v) is 6.53. The molecule has 2 unspecified atom stereocenters. The summed E-state index contributed by atoms with van der Waals surface area (Å²) in [7, 11) is 0. The Hall–Kier alpha value is -0.610. The maximum absolute atomic E-state index is 4.31. The van der Waals surface area contributed by atoms with Gasteiger partial charge in [0.25, 0.3) is 0 Å². The number of aromatic nitrogens is 2. The number of hydrogen-bond donors (Lipinski definition) is 1. The van der Waals surface area contributed by atoms with Crippen LogP contribution in [0.25, 0.3) is 0 Å². The quantitative estimate of drug-likeness (QED) is 0.835. The molecular weight excluding hydrogens is 230 g/mol. The molecule has 4 heteroatoms. The Morgan fingerprint density at radius 2 is 2.35 bits per heavy atom. The van der Waals surface area contributed by atoms with Gasteiger partial charge in [-0.15, -0.1) is 11.8 Å². The van der Waals surface area contributed by atoms with E-state index in [1.165, 1.54) is 12.8 Å². The molecule has 0 bridgehead atoms. The van der Waals surface area contributed by atoms with Gasteiger partial charge in [-0.3, -0.25) is 0 Å². The normalized spacial score (nSPS) is 27.2. The fourth-order valence-electron chi connectivity index (χ4n) is 2.60. The van der Waals surface area contributed by atoms with E-state index in [1.54, 1.807) is 6.33 Å². The van der Waals surface area contributed by atoms with Crippen LogP contribution in [0.3, 0.4) is 0 Å². The number of thioether (sulfide) groups is 1. The van der Waals surface area contributed by atoms with Crippen LogP contribution in [0.4, 0.5) is 0 Å². The van der Waals surface area contributed by atoms with Crippen molar-refractivity contribution in [2.75, 3.05) is 6.54 Å². The van der Waals surface area contributed by atoms with E-state index in [4.69, 9.17) is 0 Å². The van der Waals surface area contributed by atoms with Crippen molar-refractivity contribution < 1.29 is 0 Å². The second-order valence-electron chi connectivity index (χ2n) is 5.27. The van der Waals surface area contributed by atoms with Crippen molar-refractivity contribution in [3.05, 3.63) is 18.6 Å². The zero-order valence-electron chi connectivity index (χ0n) is 10.8. The van der Waals surface area contributed by atoms with Crippen LogP contribution in [0.15, 0.2) is 23.6 Å². The molecule has 0 amide bonds. The minimum atomic E-state index is 0.390. The van der Waals surface area contributed by atoms with Crippen molar-refractivity contribution in [2.45, 2.75) is 49.9 Å². The molecule has 17 heavy (non-hydrogen) atoms. The summed E-state index contributed by atoms with van der Waals surface area (Å²) >= 11 is 1.89. The summed E-state index contributed by atoms with van der Waals surface area (Å²) in [6.45, 7) is 7.94. The van der Waals surface area contributed by atoms with Crippen LogP contribution in [-0.2, 0) is 0 Å². The standard InChI is InChI=1S/C13H21N3S/c1-4-15-12-10(5-7-13(12,2)3)17-11-6-8-14-9-16-11/h6,8-10,12,15H,4-5,7H2,1-3H3. The molecule has 1 aromatic rings. The van der Waals surface area contributed by atoms with Gasteiger partial charge in [0.1, 0.15) is 6.33 Å². The summed E-state index contributed by atoms with van der Waals surface area (Å²) in [5, 5.41) is 5.35. The predicted octanol–water partition coefficient (Wildman–Crippen LogP) is 2.74. The minimum absolute atomic E-state index is 0.390. The van der Waals surface area contributed by atoms with Gasteiger partial charge in [0.2, 0.25) is 0 Å². The zero-order chi connectivity index (χ0) is 12.3. The predicted molar refractivity (Wildman–Crippen MR) is 72.2 cm³/mol. The van der Waals surface area contributed by atoms with Crippen molar-refractivity contribution >= 4 is 11.8 Å². The molecule has 1 N–H and O–H groups in total. The highest BCUT2D eigenvalue weighted by molar-refractivity contribution is 7.99. The fraction of sp³-hybridized carbons (Fsp3) is 0.692. The molecule has 94 valence electrons. The van der Waals surface area contributed by atoms with Gasteiger partial charge in [0.15, 0.2) is 0 Å². The van der Waals surface area contributed by atoms with Crippen LogP contribution >= 0.6 is 11.8 Å². The number of nitrogens with one attached hydrogen (secondary N) is 1. The first kappa shape index (κ1) is 12.8. The smallest absolute Gasteiger partial charge is 0.116 e. The van der Waals surface area contributed by atoms with Crippen LogP contribution in [0.5, 0.6) is 0 Å². The van der Waals surface area contributed by atoms with Gasteiger partial charge in [-0.1, -0.05) is 20.8 Å². The Balaban J connectivity index is 2.06. The summed E-state index contributed by atoms with van der Waals surface area (Å²) in [4.78, 5) is 8.27. The molecule has 0 aliphatic heterocycles. The molecule has 1 aliphatic carbocycles. The third-order valence-corrected chi connectivity index (χ3v) is 4.83. The first-order valence-electron chi connectivity index (χ1n) is 6.29. The lowest BCUT2D eigenvalue weighted by Crippen LogP contribution is -2.43. The monoisotopic (exact) mass is 251 g/mol. The van der Waals surface area contributed by atoms with Crippen molar-refractivity contribution in [3.63, 3.8) is 0 Å². The van der Waals surface area contributed by atoms with Gasteiger partial charge < -0.3 is 5.32 Å². The van der Waals surface area contributed by atoms with Crippen molar-refractivity contribution in [3.8, 4) is 0 Å². The van der Waals surface area contributed by atoms with Crippen LogP contribution in [0, 0.1) is 5.41 Å². The summed E-state index contributed by atoms with van der Waals surface area (Å²) < 4.78 is 0. The molecule has 1 saturated carbocycles. The SMILES string of the molecule is CCNC1C(Sc2ccncn2)CCC1(C)C. The van der Waals surface area contributed by atoms with Crippen molar-refractivity contribution in [2.24, 2.45) is 5.41 Å². The molecule has 0 aromatic carbocycles. The lowest BCUT2D eigenvalue weighted by molar-refractivity contribution is 0.290.